The zero-order chi connectivity index (χ0) is 20.0. The van der Waals surface area contributed by atoms with Gasteiger partial charge in [0, 0.05) is 14.3 Å². The molecule has 142 valence electrons. The molecule has 1 aliphatic rings. The molecule has 28 heavy (non-hydrogen) atoms. The SMILES string of the molecule is COC(=O)C1=C(C)Nc2nc3ccc(I)cc3c(=O)n2[C@H]1c1ccc(Cl)cc1. The number of hydrogen-bond donors (Lipinski definition) is 1. The number of carbonyl (C=O) groups excluding carboxylic acids is 1. The van der Waals surface area contributed by atoms with Crippen molar-refractivity contribution in [2.75, 3.05) is 12.4 Å². The lowest BCUT2D eigenvalue weighted by Gasteiger charge is -2.31. The van der Waals surface area contributed by atoms with Gasteiger partial charge in [0.15, 0.2) is 0 Å². The summed E-state index contributed by atoms with van der Waals surface area (Å²) in [6, 6.07) is 11.9. The summed E-state index contributed by atoms with van der Waals surface area (Å²) in [4.78, 5) is 30.6. The molecule has 0 saturated carbocycles. The Hall–Kier alpha value is -2.39. The van der Waals surface area contributed by atoms with Gasteiger partial charge >= 0.3 is 5.97 Å². The zero-order valence-corrected chi connectivity index (χ0v) is 17.9. The fourth-order valence-electron chi connectivity index (χ4n) is 3.40. The number of rotatable bonds is 2. The summed E-state index contributed by atoms with van der Waals surface area (Å²) in [5.41, 5.74) is 2.03. The summed E-state index contributed by atoms with van der Waals surface area (Å²) in [6.45, 7) is 1.77. The van der Waals surface area contributed by atoms with Gasteiger partial charge in [0.25, 0.3) is 5.56 Å². The van der Waals surface area contributed by atoms with Gasteiger partial charge in [-0.25, -0.2) is 9.78 Å². The lowest BCUT2D eigenvalue weighted by molar-refractivity contribution is -0.136. The van der Waals surface area contributed by atoms with E-state index in [1.807, 2.05) is 12.1 Å². The quantitative estimate of drug-likeness (QED) is 0.417. The van der Waals surface area contributed by atoms with Gasteiger partial charge in [0.2, 0.25) is 5.95 Å². The molecule has 2 aromatic carbocycles. The van der Waals surface area contributed by atoms with E-state index in [2.05, 4.69) is 32.9 Å². The molecule has 0 unspecified atom stereocenters. The maximum absolute atomic E-state index is 13.4. The Kier molecular flexibility index (Phi) is 4.88. The summed E-state index contributed by atoms with van der Waals surface area (Å²) in [5, 5.41) is 4.14. The number of allylic oxidation sites excluding steroid dienone is 1. The standard InChI is InChI=1S/C20H15ClIN3O3/c1-10-16(19(27)28-2)17(11-3-5-12(21)6-4-11)25-18(26)14-9-13(22)7-8-15(14)24-20(25)23-10/h3-9,17H,1-2H3,(H,23,24)/t17-/m0/s1. The summed E-state index contributed by atoms with van der Waals surface area (Å²) in [7, 11) is 1.32. The van der Waals surface area contributed by atoms with Crippen LogP contribution in [0.5, 0.6) is 0 Å². The first-order valence-corrected chi connectivity index (χ1v) is 9.89. The number of methoxy groups -OCH3 is 1. The fraction of sp³-hybridized carbons (Fsp3) is 0.150. The van der Waals surface area contributed by atoms with Crippen LogP contribution >= 0.6 is 34.2 Å². The number of carbonyl (C=O) groups is 1. The van der Waals surface area contributed by atoms with Gasteiger partial charge < -0.3 is 10.1 Å². The number of halogens is 2. The highest BCUT2D eigenvalue weighted by Crippen LogP contribution is 2.35. The first kappa shape index (κ1) is 18.9. The van der Waals surface area contributed by atoms with E-state index in [0.717, 1.165) is 9.13 Å². The number of anilines is 1. The normalized spacial score (nSPS) is 15.9. The number of nitrogens with one attached hydrogen (secondary N) is 1. The van der Waals surface area contributed by atoms with E-state index in [0.29, 0.717) is 33.1 Å². The summed E-state index contributed by atoms with van der Waals surface area (Å²) in [5.74, 6) is -0.131. The van der Waals surface area contributed by atoms with Gasteiger partial charge in [-0.1, -0.05) is 23.7 Å². The van der Waals surface area contributed by atoms with Crippen LogP contribution in [-0.4, -0.2) is 22.6 Å². The van der Waals surface area contributed by atoms with E-state index in [-0.39, 0.29) is 5.56 Å². The average Bonchev–Trinajstić information content (AvgIpc) is 2.68. The second-order valence-corrected chi connectivity index (χ2v) is 8.06. The van der Waals surface area contributed by atoms with Gasteiger partial charge in [-0.2, -0.15) is 0 Å². The Labute approximate surface area is 179 Å². The van der Waals surface area contributed by atoms with Crippen LogP contribution in [0.15, 0.2) is 58.5 Å². The Morgan fingerprint density at radius 3 is 2.64 bits per heavy atom. The highest BCUT2D eigenvalue weighted by atomic mass is 127. The molecule has 3 aromatic rings. The van der Waals surface area contributed by atoms with Crippen LogP contribution in [0.25, 0.3) is 10.9 Å². The van der Waals surface area contributed by atoms with Crippen molar-refractivity contribution < 1.29 is 9.53 Å². The largest absolute Gasteiger partial charge is 0.466 e. The third-order valence-corrected chi connectivity index (χ3v) is 5.61. The average molecular weight is 508 g/mol. The lowest BCUT2D eigenvalue weighted by Crippen LogP contribution is -2.36. The number of fused-ring (bicyclic) bond motifs is 2. The Morgan fingerprint density at radius 1 is 1.25 bits per heavy atom. The third kappa shape index (κ3) is 3.08. The van der Waals surface area contributed by atoms with E-state index in [1.54, 1.807) is 37.3 Å². The molecule has 0 bridgehead atoms. The minimum atomic E-state index is -0.678. The monoisotopic (exact) mass is 507 g/mol. The van der Waals surface area contributed by atoms with Crippen LogP contribution in [0.2, 0.25) is 5.02 Å². The maximum Gasteiger partial charge on any atom is 0.337 e. The maximum atomic E-state index is 13.4. The Balaban J connectivity index is 2.06. The number of aromatic nitrogens is 2. The topological polar surface area (TPSA) is 73.2 Å². The van der Waals surface area contributed by atoms with Crippen LogP contribution < -0.4 is 10.9 Å². The molecule has 1 atom stereocenters. The fourth-order valence-corrected chi connectivity index (χ4v) is 4.02. The predicted molar refractivity (Wildman–Crippen MR) is 117 cm³/mol. The molecule has 1 aliphatic heterocycles. The van der Waals surface area contributed by atoms with Crippen molar-refractivity contribution in [1.82, 2.24) is 9.55 Å². The number of nitrogens with zero attached hydrogens (tertiary/aromatic N) is 2. The number of esters is 1. The van der Waals surface area contributed by atoms with Crippen LogP contribution in [0.3, 0.4) is 0 Å². The van der Waals surface area contributed by atoms with Crippen LogP contribution in [0.1, 0.15) is 18.5 Å². The molecule has 2 heterocycles. The minimum absolute atomic E-state index is 0.236. The third-order valence-electron chi connectivity index (χ3n) is 4.69. The minimum Gasteiger partial charge on any atom is -0.466 e. The first-order valence-electron chi connectivity index (χ1n) is 8.44. The molecule has 0 saturated heterocycles. The van der Waals surface area contributed by atoms with Gasteiger partial charge in [0.1, 0.15) is 0 Å². The van der Waals surface area contributed by atoms with Crippen LogP contribution in [-0.2, 0) is 9.53 Å². The summed E-state index contributed by atoms with van der Waals surface area (Å²) < 4.78 is 7.43. The highest BCUT2D eigenvalue weighted by molar-refractivity contribution is 14.1. The van der Waals surface area contributed by atoms with Crippen molar-refractivity contribution in [3.05, 3.63) is 78.2 Å². The molecular weight excluding hydrogens is 493 g/mol. The van der Waals surface area contributed by atoms with Crippen LogP contribution in [0, 0.1) is 3.57 Å². The number of ether oxygens (including phenoxy) is 1. The van der Waals surface area contributed by atoms with Crippen molar-refractivity contribution in [1.29, 1.82) is 0 Å². The summed E-state index contributed by atoms with van der Waals surface area (Å²) in [6.07, 6.45) is 0. The smallest absolute Gasteiger partial charge is 0.337 e. The Morgan fingerprint density at radius 2 is 1.96 bits per heavy atom. The molecule has 8 heteroatoms. The van der Waals surface area contributed by atoms with E-state index in [9.17, 15) is 9.59 Å². The molecule has 0 fully saturated rings. The molecule has 0 radical (unpaired) electrons. The lowest BCUT2D eigenvalue weighted by atomic mass is 9.95. The van der Waals surface area contributed by atoms with Crippen LogP contribution in [0.4, 0.5) is 5.95 Å². The van der Waals surface area contributed by atoms with E-state index < -0.39 is 12.0 Å². The Bertz CT molecular complexity index is 1200. The number of benzene rings is 2. The highest BCUT2D eigenvalue weighted by Gasteiger charge is 2.34. The van der Waals surface area contributed by atoms with E-state index in [4.69, 9.17) is 16.3 Å². The predicted octanol–water partition coefficient (Wildman–Crippen LogP) is 4.12. The molecular formula is C20H15ClIN3O3. The summed E-state index contributed by atoms with van der Waals surface area (Å²) >= 11 is 8.19. The van der Waals surface area contributed by atoms with Crippen molar-refractivity contribution in [3.63, 3.8) is 0 Å². The molecule has 0 aliphatic carbocycles. The number of hydrogen-bond acceptors (Lipinski definition) is 5. The van der Waals surface area contributed by atoms with Crippen molar-refractivity contribution in [3.8, 4) is 0 Å². The van der Waals surface area contributed by atoms with E-state index in [1.165, 1.54) is 11.7 Å². The first-order chi connectivity index (χ1) is 13.4. The molecule has 1 aromatic heterocycles. The van der Waals surface area contributed by atoms with Crippen molar-refractivity contribution in [2.45, 2.75) is 13.0 Å². The molecule has 0 amide bonds. The van der Waals surface area contributed by atoms with Crippen molar-refractivity contribution in [2.24, 2.45) is 0 Å². The second-order valence-electron chi connectivity index (χ2n) is 6.38. The molecule has 0 spiro atoms. The van der Waals surface area contributed by atoms with E-state index >= 15 is 0 Å². The van der Waals surface area contributed by atoms with Crippen molar-refractivity contribution >= 4 is 57.0 Å². The van der Waals surface area contributed by atoms with Gasteiger partial charge in [-0.05, 0) is 65.4 Å². The van der Waals surface area contributed by atoms with Gasteiger partial charge in [-0.3, -0.25) is 9.36 Å². The molecule has 6 nitrogen and oxygen atoms in total. The van der Waals surface area contributed by atoms with Gasteiger partial charge in [-0.15, -0.1) is 0 Å². The molecule has 1 N–H and O–H groups in total. The van der Waals surface area contributed by atoms with Gasteiger partial charge in [0.05, 0.1) is 29.6 Å². The second kappa shape index (κ2) is 7.21. The zero-order valence-electron chi connectivity index (χ0n) is 15.0. The molecule has 4 rings (SSSR count).